The van der Waals surface area contributed by atoms with Crippen LogP contribution in [0.2, 0.25) is 0 Å². The normalized spacial score (nSPS) is 19.5. The third-order valence-electron chi connectivity index (χ3n) is 4.37. The van der Waals surface area contributed by atoms with Gasteiger partial charge in [0.15, 0.2) is 5.82 Å². The van der Waals surface area contributed by atoms with Crippen molar-refractivity contribution in [3.63, 3.8) is 0 Å². The van der Waals surface area contributed by atoms with Crippen LogP contribution in [0, 0.1) is 5.92 Å². The van der Waals surface area contributed by atoms with Crippen molar-refractivity contribution in [1.82, 2.24) is 20.1 Å². The van der Waals surface area contributed by atoms with Crippen LogP contribution in [0.15, 0.2) is 30.3 Å². The van der Waals surface area contributed by atoms with Gasteiger partial charge in [0.25, 0.3) is 0 Å². The van der Waals surface area contributed by atoms with Crippen molar-refractivity contribution in [2.24, 2.45) is 5.92 Å². The summed E-state index contributed by atoms with van der Waals surface area (Å²) in [6, 6.07) is 11.0. The van der Waals surface area contributed by atoms with Crippen molar-refractivity contribution in [3.05, 3.63) is 47.5 Å². The molecule has 0 fully saturated rings. The maximum Gasteiger partial charge on any atom is 0.150 e. The van der Waals surface area contributed by atoms with Gasteiger partial charge in [0.2, 0.25) is 0 Å². The molecule has 1 aromatic carbocycles. The largest absolute Gasteiger partial charge is 0.312 e. The maximum atomic E-state index is 4.55. The molecule has 0 amide bonds. The van der Waals surface area contributed by atoms with E-state index in [1.165, 1.54) is 5.56 Å². The molecule has 1 aliphatic rings. The molecule has 2 heterocycles. The summed E-state index contributed by atoms with van der Waals surface area (Å²) in [6.07, 6.45) is 1.04. The van der Waals surface area contributed by atoms with Crippen molar-refractivity contribution in [3.8, 4) is 0 Å². The minimum absolute atomic E-state index is 0.313. The van der Waals surface area contributed by atoms with Gasteiger partial charge in [0.1, 0.15) is 5.82 Å². The minimum atomic E-state index is 0.313. The number of nitrogens with zero attached hydrogens (tertiary/aromatic N) is 3. The molecule has 0 saturated carbocycles. The molecule has 0 radical (unpaired) electrons. The summed E-state index contributed by atoms with van der Waals surface area (Å²) in [5.74, 6) is 3.07. The van der Waals surface area contributed by atoms with E-state index >= 15 is 0 Å². The van der Waals surface area contributed by atoms with Gasteiger partial charge in [0, 0.05) is 19.0 Å². The van der Waals surface area contributed by atoms with E-state index in [0.29, 0.717) is 17.9 Å². The number of aromatic nitrogens is 3. The van der Waals surface area contributed by atoms with Gasteiger partial charge in [-0.05, 0) is 17.9 Å². The SMILES string of the molecule is CCC(c1ccccc1)c1nnc2n1CCNC2C(C)C. The standard InChI is InChI=1S/C17H24N4/c1-4-14(13-8-6-5-7-9-13)16-19-20-17-15(12(2)3)18-10-11-21(16)17/h5-9,12,14-15,18H,4,10-11H2,1-3H3. The fraction of sp³-hybridized carbons (Fsp3) is 0.529. The first kappa shape index (κ1) is 14.3. The zero-order chi connectivity index (χ0) is 14.8. The topological polar surface area (TPSA) is 42.7 Å². The smallest absolute Gasteiger partial charge is 0.150 e. The molecule has 3 rings (SSSR count). The highest BCUT2D eigenvalue weighted by molar-refractivity contribution is 5.26. The van der Waals surface area contributed by atoms with Gasteiger partial charge < -0.3 is 9.88 Å². The molecule has 4 heteroatoms. The van der Waals surface area contributed by atoms with Gasteiger partial charge in [-0.2, -0.15) is 0 Å². The Morgan fingerprint density at radius 2 is 2.00 bits per heavy atom. The van der Waals surface area contributed by atoms with Gasteiger partial charge in [0.05, 0.1) is 6.04 Å². The van der Waals surface area contributed by atoms with Crippen LogP contribution in [-0.2, 0) is 6.54 Å². The molecule has 2 atom stereocenters. The van der Waals surface area contributed by atoms with Gasteiger partial charge in [-0.25, -0.2) is 0 Å². The summed E-state index contributed by atoms with van der Waals surface area (Å²) in [5.41, 5.74) is 1.33. The molecule has 0 saturated heterocycles. The third-order valence-corrected chi connectivity index (χ3v) is 4.37. The van der Waals surface area contributed by atoms with E-state index in [-0.39, 0.29) is 0 Å². The quantitative estimate of drug-likeness (QED) is 0.938. The first-order chi connectivity index (χ1) is 10.2. The number of hydrogen-bond acceptors (Lipinski definition) is 3. The Balaban J connectivity index is 2.00. The van der Waals surface area contributed by atoms with Gasteiger partial charge in [-0.3, -0.25) is 0 Å². The van der Waals surface area contributed by atoms with E-state index in [1.54, 1.807) is 0 Å². The van der Waals surface area contributed by atoms with Crippen LogP contribution in [0.25, 0.3) is 0 Å². The van der Waals surface area contributed by atoms with Crippen molar-refractivity contribution >= 4 is 0 Å². The highest BCUT2D eigenvalue weighted by Gasteiger charge is 2.29. The summed E-state index contributed by atoms with van der Waals surface area (Å²) in [4.78, 5) is 0. The fourth-order valence-corrected chi connectivity index (χ4v) is 3.25. The van der Waals surface area contributed by atoms with E-state index in [2.05, 4.69) is 71.2 Å². The predicted octanol–water partition coefficient (Wildman–Crippen LogP) is 3.12. The molecule has 21 heavy (non-hydrogen) atoms. The van der Waals surface area contributed by atoms with E-state index in [0.717, 1.165) is 31.2 Å². The molecule has 112 valence electrons. The van der Waals surface area contributed by atoms with E-state index < -0.39 is 0 Å². The van der Waals surface area contributed by atoms with Crippen molar-refractivity contribution in [2.45, 2.75) is 45.7 Å². The third kappa shape index (κ3) is 2.60. The predicted molar refractivity (Wildman–Crippen MR) is 84.2 cm³/mol. The highest BCUT2D eigenvalue weighted by atomic mass is 15.3. The summed E-state index contributed by atoms with van der Waals surface area (Å²) in [7, 11) is 0. The lowest BCUT2D eigenvalue weighted by Gasteiger charge is -2.28. The van der Waals surface area contributed by atoms with Gasteiger partial charge in [-0.15, -0.1) is 10.2 Å². The van der Waals surface area contributed by atoms with Crippen molar-refractivity contribution < 1.29 is 0 Å². The van der Waals surface area contributed by atoms with Crippen LogP contribution in [0.4, 0.5) is 0 Å². The fourth-order valence-electron chi connectivity index (χ4n) is 3.25. The first-order valence-corrected chi connectivity index (χ1v) is 7.93. The Morgan fingerprint density at radius 1 is 1.24 bits per heavy atom. The molecule has 1 aliphatic heterocycles. The molecule has 0 bridgehead atoms. The second-order valence-electron chi connectivity index (χ2n) is 6.12. The lowest BCUT2D eigenvalue weighted by Crippen LogP contribution is -2.37. The second-order valence-corrected chi connectivity index (χ2v) is 6.12. The van der Waals surface area contributed by atoms with Crippen LogP contribution in [0.5, 0.6) is 0 Å². The van der Waals surface area contributed by atoms with Gasteiger partial charge >= 0.3 is 0 Å². The lowest BCUT2D eigenvalue weighted by molar-refractivity contribution is 0.333. The molecule has 1 N–H and O–H groups in total. The second kappa shape index (κ2) is 5.98. The maximum absolute atomic E-state index is 4.55. The van der Waals surface area contributed by atoms with Crippen molar-refractivity contribution in [2.75, 3.05) is 6.54 Å². The van der Waals surface area contributed by atoms with E-state index in [9.17, 15) is 0 Å². The van der Waals surface area contributed by atoms with Crippen LogP contribution < -0.4 is 5.32 Å². The van der Waals surface area contributed by atoms with Crippen LogP contribution in [0.3, 0.4) is 0 Å². The van der Waals surface area contributed by atoms with Crippen LogP contribution >= 0.6 is 0 Å². The first-order valence-electron chi connectivity index (χ1n) is 7.93. The lowest BCUT2D eigenvalue weighted by atomic mass is 9.95. The Kier molecular flexibility index (Phi) is 4.06. The van der Waals surface area contributed by atoms with Gasteiger partial charge in [-0.1, -0.05) is 51.1 Å². The Labute approximate surface area is 126 Å². The summed E-state index contributed by atoms with van der Waals surface area (Å²) >= 11 is 0. The average Bonchev–Trinajstić information content (AvgIpc) is 2.93. The summed E-state index contributed by atoms with van der Waals surface area (Å²) < 4.78 is 2.34. The van der Waals surface area contributed by atoms with E-state index in [1.807, 2.05) is 0 Å². The number of nitrogens with one attached hydrogen (secondary N) is 1. The van der Waals surface area contributed by atoms with Crippen LogP contribution in [-0.4, -0.2) is 21.3 Å². The molecular formula is C17H24N4. The van der Waals surface area contributed by atoms with E-state index in [4.69, 9.17) is 0 Å². The number of fused-ring (bicyclic) bond motifs is 1. The van der Waals surface area contributed by atoms with Crippen LogP contribution in [0.1, 0.15) is 56.4 Å². The molecule has 4 nitrogen and oxygen atoms in total. The zero-order valence-electron chi connectivity index (χ0n) is 13.1. The molecule has 0 spiro atoms. The molecule has 0 aliphatic carbocycles. The number of hydrogen-bond donors (Lipinski definition) is 1. The summed E-state index contributed by atoms with van der Waals surface area (Å²) in [5, 5.41) is 12.6. The number of benzene rings is 1. The Bertz CT molecular complexity index is 588. The Morgan fingerprint density at radius 3 is 2.67 bits per heavy atom. The summed E-state index contributed by atoms with van der Waals surface area (Å²) in [6.45, 7) is 8.64. The molecule has 2 aromatic rings. The monoisotopic (exact) mass is 284 g/mol. The highest BCUT2D eigenvalue weighted by Crippen LogP contribution is 2.30. The average molecular weight is 284 g/mol. The minimum Gasteiger partial charge on any atom is -0.312 e. The Hall–Kier alpha value is -1.68. The molecule has 1 aromatic heterocycles. The number of rotatable bonds is 4. The van der Waals surface area contributed by atoms with Crippen molar-refractivity contribution in [1.29, 1.82) is 0 Å². The molecule has 2 unspecified atom stereocenters. The molecular weight excluding hydrogens is 260 g/mol. The zero-order valence-corrected chi connectivity index (χ0v) is 13.1.